The van der Waals surface area contributed by atoms with Gasteiger partial charge in [-0.05, 0) is 56.8 Å². The maximum absolute atomic E-state index is 13.1. The first-order valence-electron chi connectivity index (χ1n) is 10.4. The Hall–Kier alpha value is -1.96. The Balaban J connectivity index is 1.46. The van der Waals surface area contributed by atoms with Crippen LogP contribution in [0.4, 0.5) is 4.79 Å². The molecule has 1 saturated carbocycles. The van der Waals surface area contributed by atoms with Crippen molar-refractivity contribution in [2.24, 2.45) is 11.3 Å². The number of carbonyl (C=O) groups is 3. The highest BCUT2D eigenvalue weighted by Gasteiger charge is 2.56. The first-order chi connectivity index (χ1) is 13.6. The molecule has 3 rings (SSSR count). The first kappa shape index (κ1) is 21.7. The Labute approximate surface area is 176 Å². The molecule has 1 aliphatic carbocycles. The lowest BCUT2D eigenvalue weighted by molar-refractivity contribution is -0.137. The monoisotopic (exact) mass is 420 g/mol. The van der Waals surface area contributed by atoms with Gasteiger partial charge in [-0.25, -0.2) is 9.78 Å². The zero-order chi connectivity index (χ0) is 21.2. The molecule has 8 heteroatoms. The highest BCUT2D eigenvalue weighted by Crippen LogP contribution is 2.46. The van der Waals surface area contributed by atoms with Gasteiger partial charge in [-0.15, -0.1) is 11.3 Å². The second-order valence-corrected chi connectivity index (χ2v) is 10.4. The summed E-state index contributed by atoms with van der Waals surface area (Å²) in [6, 6.07) is -0.450. The number of rotatable bonds is 7. The summed E-state index contributed by atoms with van der Waals surface area (Å²) in [4.78, 5) is 43.3. The molecule has 1 saturated heterocycles. The molecule has 2 aliphatic rings. The Morgan fingerprint density at radius 3 is 2.76 bits per heavy atom. The molecule has 0 radical (unpaired) electrons. The summed E-state index contributed by atoms with van der Waals surface area (Å²) in [6.45, 7) is 8.67. The van der Waals surface area contributed by atoms with E-state index in [1.807, 2.05) is 12.3 Å². The van der Waals surface area contributed by atoms with Gasteiger partial charge < -0.3 is 10.6 Å². The van der Waals surface area contributed by atoms with E-state index in [0.29, 0.717) is 25.3 Å². The Kier molecular flexibility index (Phi) is 6.31. The summed E-state index contributed by atoms with van der Waals surface area (Å²) in [5.74, 6) is -0.200. The molecule has 1 aromatic heterocycles. The minimum Gasteiger partial charge on any atom is -0.355 e. The smallest absolute Gasteiger partial charge is 0.325 e. The molecule has 7 nitrogen and oxygen atoms in total. The van der Waals surface area contributed by atoms with Crippen molar-refractivity contribution in [2.75, 3.05) is 13.1 Å². The van der Waals surface area contributed by atoms with Crippen LogP contribution in [0.3, 0.4) is 0 Å². The second-order valence-electron chi connectivity index (χ2n) is 9.45. The molecule has 0 aromatic carbocycles. The standard InChI is InChI=1S/C21H32N4O3S/c1-14-9-20(3,4)13-21(10-14)18(27)25(19(28)24-21)11-16(26)22-8-6-5-7-17-23-15(2)12-29-17/h12,14H,5-11,13H2,1-4H3,(H,22,26)(H,24,28). The molecule has 1 spiro atoms. The molecule has 2 unspecified atom stereocenters. The number of thiazole rings is 1. The molecule has 29 heavy (non-hydrogen) atoms. The van der Waals surface area contributed by atoms with Crippen LogP contribution in [0.25, 0.3) is 0 Å². The second kappa shape index (κ2) is 8.42. The van der Waals surface area contributed by atoms with Crippen molar-refractivity contribution in [1.82, 2.24) is 20.5 Å². The summed E-state index contributed by atoms with van der Waals surface area (Å²) in [5.41, 5.74) is 0.166. The molecule has 2 heterocycles. The van der Waals surface area contributed by atoms with E-state index in [1.54, 1.807) is 11.3 Å². The third-order valence-corrected chi connectivity index (χ3v) is 6.76. The largest absolute Gasteiger partial charge is 0.355 e. The number of aromatic nitrogens is 1. The highest BCUT2D eigenvalue weighted by atomic mass is 32.1. The van der Waals surface area contributed by atoms with Crippen LogP contribution in [-0.4, -0.2) is 46.4 Å². The zero-order valence-electron chi connectivity index (χ0n) is 17.8. The van der Waals surface area contributed by atoms with Gasteiger partial charge in [-0.1, -0.05) is 20.8 Å². The van der Waals surface area contributed by atoms with Gasteiger partial charge in [0.1, 0.15) is 12.1 Å². The van der Waals surface area contributed by atoms with E-state index in [1.165, 1.54) is 0 Å². The van der Waals surface area contributed by atoms with Gasteiger partial charge in [0.25, 0.3) is 5.91 Å². The van der Waals surface area contributed by atoms with Gasteiger partial charge in [0, 0.05) is 17.6 Å². The normalized spacial score (nSPS) is 26.1. The number of nitrogens with one attached hydrogen (secondary N) is 2. The van der Waals surface area contributed by atoms with Crippen LogP contribution >= 0.6 is 11.3 Å². The molecule has 1 aromatic rings. The summed E-state index contributed by atoms with van der Waals surface area (Å²) in [5, 5.41) is 8.89. The van der Waals surface area contributed by atoms with Crippen LogP contribution in [-0.2, 0) is 16.0 Å². The molecular formula is C21H32N4O3S. The van der Waals surface area contributed by atoms with Crippen LogP contribution in [0.5, 0.6) is 0 Å². The van der Waals surface area contributed by atoms with E-state index in [0.717, 1.165) is 41.3 Å². The predicted octanol–water partition coefficient (Wildman–Crippen LogP) is 3.03. The minimum absolute atomic E-state index is 0.0190. The summed E-state index contributed by atoms with van der Waals surface area (Å²) in [6.07, 6.45) is 4.95. The van der Waals surface area contributed by atoms with Crippen molar-refractivity contribution in [3.05, 3.63) is 16.1 Å². The Morgan fingerprint density at radius 2 is 2.10 bits per heavy atom. The van der Waals surface area contributed by atoms with Crippen LogP contribution in [0.15, 0.2) is 5.38 Å². The number of hydrogen-bond acceptors (Lipinski definition) is 5. The average Bonchev–Trinajstić information content (AvgIpc) is 3.09. The zero-order valence-corrected chi connectivity index (χ0v) is 18.7. The van der Waals surface area contributed by atoms with E-state index in [-0.39, 0.29) is 23.8 Å². The third-order valence-electron chi connectivity index (χ3n) is 5.73. The van der Waals surface area contributed by atoms with Crippen molar-refractivity contribution in [3.63, 3.8) is 0 Å². The maximum atomic E-state index is 13.1. The number of imide groups is 1. The highest BCUT2D eigenvalue weighted by molar-refractivity contribution is 7.09. The SMILES string of the molecule is Cc1csc(CCCCNC(=O)CN2C(=O)NC3(CC(C)CC(C)(C)C3)C2=O)n1. The quantitative estimate of drug-likeness (QED) is 0.524. The predicted molar refractivity (Wildman–Crippen MR) is 113 cm³/mol. The van der Waals surface area contributed by atoms with Crippen molar-refractivity contribution >= 4 is 29.2 Å². The Bertz CT molecular complexity index is 791. The van der Waals surface area contributed by atoms with E-state index >= 15 is 0 Å². The van der Waals surface area contributed by atoms with Gasteiger partial charge in [0.05, 0.1) is 5.01 Å². The fourth-order valence-corrected chi connectivity index (χ4v) is 5.81. The van der Waals surface area contributed by atoms with Gasteiger partial charge in [-0.3, -0.25) is 14.5 Å². The summed E-state index contributed by atoms with van der Waals surface area (Å²) in [7, 11) is 0. The number of unbranched alkanes of at least 4 members (excludes halogenated alkanes) is 1. The van der Waals surface area contributed by atoms with E-state index < -0.39 is 11.6 Å². The maximum Gasteiger partial charge on any atom is 0.325 e. The number of hydrogen-bond donors (Lipinski definition) is 2. The van der Waals surface area contributed by atoms with E-state index in [9.17, 15) is 14.4 Å². The molecule has 2 N–H and O–H groups in total. The van der Waals surface area contributed by atoms with Crippen molar-refractivity contribution < 1.29 is 14.4 Å². The van der Waals surface area contributed by atoms with Crippen LogP contribution < -0.4 is 10.6 Å². The number of aryl methyl sites for hydroxylation is 2. The fraction of sp³-hybridized carbons (Fsp3) is 0.714. The van der Waals surface area contributed by atoms with E-state index in [4.69, 9.17) is 0 Å². The average molecular weight is 421 g/mol. The molecule has 0 bridgehead atoms. The van der Waals surface area contributed by atoms with Crippen molar-refractivity contribution in [3.8, 4) is 0 Å². The Morgan fingerprint density at radius 1 is 1.34 bits per heavy atom. The van der Waals surface area contributed by atoms with E-state index in [2.05, 4.69) is 36.4 Å². The van der Waals surface area contributed by atoms with Crippen molar-refractivity contribution in [1.29, 1.82) is 0 Å². The first-order valence-corrected chi connectivity index (χ1v) is 11.3. The van der Waals surface area contributed by atoms with Crippen LogP contribution in [0, 0.1) is 18.3 Å². The lowest BCUT2D eigenvalue weighted by Gasteiger charge is -2.43. The summed E-state index contributed by atoms with van der Waals surface area (Å²) >= 11 is 1.66. The van der Waals surface area contributed by atoms with Gasteiger partial charge >= 0.3 is 6.03 Å². The van der Waals surface area contributed by atoms with Gasteiger partial charge in [-0.2, -0.15) is 0 Å². The third kappa shape index (κ3) is 5.15. The van der Waals surface area contributed by atoms with Crippen LogP contribution in [0.1, 0.15) is 63.6 Å². The number of amides is 4. The topological polar surface area (TPSA) is 91.4 Å². The molecule has 160 valence electrons. The lowest BCUT2D eigenvalue weighted by Crippen LogP contribution is -2.54. The summed E-state index contributed by atoms with van der Waals surface area (Å²) < 4.78 is 0. The minimum atomic E-state index is -0.857. The van der Waals surface area contributed by atoms with Gasteiger partial charge in [0.2, 0.25) is 5.91 Å². The molecule has 4 amide bonds. The fourth-order valence-electron chi connectivity index (χ4n) is 5.00. The van der Waals surface area contributed by atoms with Gasteiger partial charge in [0.15, 0.2) is 0 Å². The number of carbonyl (C=O) groups excluding carboxylic acids is 3. The molecule has 2 fully saturated rings. The molecule has 2 atom stereocenters. The molecular weight excluding hydrogens is 388 g/mol. The molecule has 1 aliphatic heterocycles. The van der Waals surface area contributed by atoms with Crippen molar-refractivity contribution in [2.45, 2.75) is 71.8 Å². The lowest BCUT2D eigenvalue weighted by atomic mass is 9.64. The number of nitrogens with zero attached hydrogens (tertiary/aromatic N) is 2. The number of urea groups is 1. The van der Waals surface area contributed by atoms with Crippen LogP contribution in [0.2, 0.25) is 0 Å².